The molecule has 0 amide bonds. The lowest BCUT2D eigenvalue weighted by molar-refractivity contribution is 0.113. The van der Waals surface area contributed by atoms with Crippen molar-refractivity contribution in [2.45, 2.75) is 23.5 Å². The van der Waals surface area contributed by atoms with Crippen LogP contribution in [0.15, 0.2) is 29.2 Å². The number of aliphatic hydroxyl groups is 1. The van der Waals surface area contributed by atoms with Crippen LogP contribution in [-0.4, -0.2) is 50.2 Å². The highest BCUT2D eigenvalue weighted by Crippen LogP contribution is 2.28. The van der Waals surface area contributed by atoms with Gasteiger partial charge in [0.05, 0.1) is 23.6 Å². The molecule has 1 saturated heterocycles. The number of benzene rings is 1. The first-order valence-corrected chi connectivity index (χ1v) is 7.72. The zero-order valence-electron chi connectivity index (χ0n) is 10.5. The summed E-state index contributed by atoms with van der Waals surface area (Å²) < 4.78 is 31.5. The highest BCUT2D eigenvalue weighted by Gasteiger charge is 2.40. The van der Waals surface area contributed by atoms with E-state index in [0.717, 1.165) is 0 Å². The molecular formula is C12H16ClNO4S. The van der Waals surface area contributed by atoms with Crippen LogP contribution in [0.25, 0.3) is 0 Å². The normalized spacial score (nSPS) is 24.8. The molecule has 1 aliphatic rings. The molecule has 1 fully saturated rings. The van der Waals surface area contributed by atoms with Crippen molar-refractivity contribution in [2.24, 2.45) is 0 Å². The summed E-state index contributed by atoms with van der Waals surface area (Å²) in [6, 6.07) is 5.66. The summed E-state index contributed by atoms with van der Waals surface area (Å²) in [4.78, 5) is 0.134. The van der Waals surface area contributed by atoms with Gasteiger partial charge in [-0.15, -0.1) is 0 Å². The molecule has 1 aliphatic heterocycles. The molecule has 0 unspecified atom stereocenters. The lowest BCUT2D eigenvalue weighted by Gasteiger charge is -2.22. The van der Waals surface area contributed by atoms with E-state index in [0.29, 0.717) is 11.4 Å². The van der Waals surface area contributed by atoms with Gasteiger partial charge in [0.15, 0.2) is 0 Å². The van der Waals surface area contributed by atoms with Crippen LogP contribution in [0.1, 0.15) is 6.42 Å². The van der Waals surface area contributed by atoms with Gasteiger partial charge in [-0.1, -0.05) is 17.7 Å². The minimum Gasteiger partial charge on any atom is -0.395 e. The van der Waals surface area contributed by atoms with Gasteiger partial charge in [-0.25, -0.2) is 8.42 Å². The molecule has 0 bridgehead atoms. The van der Waals surface area contributed by atoms with Gasteiger partial charge in [-0.05, 0) is 24.6 Å². The predicted molar refractivity (Wildman–Crippen MR) is 71.6 cm³/mol. The Kier molecular flexibility index (Phi) is 4.47. The molecule has 7 heteroatoms. The molecule has 0 saturated carbocycles. The fourth-order valence-corrected chi connectivity index (χ4v) is 4.20. The summed E-state index contributed by atoms with van der Waals surface area (Å²) in [6.07, 6.45) is 0.304. The maximum atomic E-state index is 12.5. The summed E-state index contributed by atoms with van der Waals surface area (Å²) in [5.41, 5.74) is 0. The van der Waals surface area contributed by atoms with Gasteiger partial charge in [0.25, 0.3) is 0 Å². The summed E-state index contributed by atoms with van der Waals surface area (Å²) in [7, 11) is -2.12. The van der Waals surface area contributed by atoms with E-state index in [2.05, 4.69) is 0 Å². The van der Waals surface area contributed by atoms with Crippen LogP contribution in [0.4, 0.5) is 0 Å². The second-order valence-corrected chi connectivity index (χ2v) is 6.79. The number of ether oxygens (including phenoxy) is 1. The Labute approximate surface area is 117 Å². The van der Waals surface area contributed by atoms with Gasteiger partial charge in [-0.3, -0.25) is 0 Å². The minimum absolute atomic E-state index is 0.134. The highest BCUT2D eigenvalue weighted by molar-refractivity contribution is 7.89. The number of rotatable bonds is 4. The smallest absolute Gasteiger partial charge is 0.243 e. The summed E-state index contributed by atoms with van der Waals surface area (Å²) >= 11 is 5.83. The molecule has 1 heterocycles. The van der Waals surface area contributed by atoms with E-state index in [9.17, 15) is 13.5 Å². The molecule has 0 aliphatic carbocycles. The molecule has 2 atom stereocenters. The van der Waals surface area contributed by atoms with E-state index in [1.54, 1.807) is 12.1 Å². The topological polar surface area (TPSA) is 66.8 Å². The second-order valence-electron chi connectivity index (χ2n) is 4.46. The highest BCUT2D eigenvalue weighted by atomic mass is 35.5. The summed E-state index contributed by atoms with van der Waals surface area (Å²) in [5.74, 6) is 0. The van der Waals surface area contributed by atoms with E-state index < -0.39 is 16.1 Å². The average Bonchev–Trinajstić information content (AvgIpc) is 2.82. The van der Waals surface area contributed by atoms with Gasteiger partial charge in [0, 0.05) is 18.7 Å². The SMILES string of the molecule is CO[C@H]1C[C@@H](CO)N(S(=O)(=O)c2cccc(Cl)c2)C1. The number of aliphatic hydroxyl groups excluding tert-OH is 1. The molecule has 1 N–H and O–H groups in total. The lowest BCUT2D eigenvalue weighted by atomic mass is 10.2. The van der Waals surface area contributed by atoms with Crippen LogP contribution in [-0.2, 0) is 14.8 Å². The van der Waals surface area contributed by atoms with Gasteiger partial charge in [0.2, 0.25) is 10.0 Å². The third-order valence-electron chi connectivity index (χ3n) is 3.27. The fraction of sp³-hybridized carbons (Fsp3) is 0.500. The first-order chi connectivity index (χ1) is 8.98. The van der Waals surface area contributed by atoms with Crippen LogP contribution >= 0.6 is 11.6 Å². The van der Waals surface area contributed by atoms with Crippen molar-refractivity contribution in [3.8, 4) is 0 Å². The quantitative estimate of drug-likeness (QED) is 0.905. The van der Waals surface area contributed by atoms with Crippen molar-refractivity contribution in [3.05, 3.63) is 29.3 Å². The molecular weight excluding hydrogens is 290 g/mol. The van der Waals surface area contributed by atoms with E-state index in [-0.39, 0.29) is 24.2 Å². The largest absolute Gasteiger partial charge is 0.395 e. The third-order valence-corrected chi connectivity index (χ3v) is 5.42. The first-order valence-electron chi connectivity index (χ1n) is 5.90. The van der Waals surface area contributed by atoms with Crippen molar-refractivity contribution >= 4 is 21.6 Å². The van der Waals surface area contributed by atoms with Crippen molar-refractivity contribution in [1.29, 1.82) is 0 Å². The maximum Gasteiger partial charge on any atom is 0.243 e. The Morgan fingerprint density at radius 1 is 1.53 bits per heavy atom. The molecule has 1 aromatic carbocycles. The van der Waals surface area contributed by atoms with Gasteiger partial charge in [-0.2, -0.15) is 4.31 Å². The molecule has 19 heavy (non-hydrogen) atoms. The number of hydrogen-bond acceptors (Lipinski definition) is 4. The number of sulfonamides is 1. The van der Waals surface area contributed by atoms with Crippen molar-refractivity contribution in [3.63, 3.8) is 0 Å². The van der Waals surface area contributed by atoms with Crippen LogP contribution in [0.3, 0.4) is 0 Å². The van der Waals surface area contributed by atoms with Crippen molar-refractivity contribution in [2.75, 3.05) is 20.3 Å². The Balaban J connectivity index is 2.34. The standard InChI is InChI=1S/C12H16ClNO4S/c1-18-11-6-10(8-15)14(7-11)19(16,17)12-4-2-3-9(13)5-12/h2-5,10-11,15H,6-8H2,1H3/t10-,11-/m0/s1. The number of hydrogen-bond donors (Lipinski definition) is 1. The molecule has 1 aromatic rings. The van der Waals surface area contributed by atoms with E-state index in [1.165, 1.54) is 23.5 Å². The second kappa shape index (κ2) is 5.76. The molecule has 0 spiro atoms. The van der Waals surface area contributed by atoms with Crippen LogP contribution < -0.4 is 0 Å². The Morgan fingerprint density at radius 2 is 2.26 bits per heavy atom. The number of nitrogens with zero attached hydrogens (tertiary/aromatic N) is 1. The molecule has 5 nitrogen and oxygen atoms in total. The predicted octanol–water partition coefficient (Wildman–Crippen LogP) is 1.11. The zero-order valence-corrected chi connectivity index (χ0v) is 12.1. The minimum atomic E-state index is -3.66. The maximum absolute atomic E-state index is 12.5. The van der Waals surface area contributed by atoms with E-state index >= 15 is 0 Å². The first kappa shape index (κ1) is 14.7. The molecule has 106 valence electrons. The lowest BCUT2D eigenvalue weighted by Crippen LogP contribution is -2.38. The Hall–Kier alpha value is -0.660. The number of methoxy groups -OCH3 is 1. The Bertz CT molecular complexity index is 548. The third kappa shape index (κ3) is 2.93. The van der Waals surface area contributed by atoms with E-state index in [4.69, 9.17) is 16.3 Å². The molecule has 0 radical (unpaired) electrons. The van der Waals surface area contributed by atoms with Crippen LogP contribution in [0, 0.1) is 0 Å². The van der Waals surface area contributed by atoms with Crippen molar-refractivity contribution in [1.82, 2.24) is 4.31 Å². The molecule has 2 rings (SSSR count). The summed E-state index contributed by atoms with van der Waals surface area (Å²) in [5, 5.41) is 9.69. The van der Waals surface area contributed by atoms with Gasteiger partial charge < -0.3 is 9.84 Å². The zero-order chi connectivity index (χ0) is 14.0. The van der Waals surface area contributed by atoms with Crippen LogP contribution in [0.5, 0.6) is 0 Å². The Morgan fingerprint density at radius 3 is 2.84 bits per heavy atom. The monoisotopic (exact) mass is 305 g/mol. The molecule has 0 aromatic heterocycles. The van der Waals surface area contributed by atoms with Gasteiger partial charge >= 0.3 is 0 Å². The number of halogens is 1. The average molecular weight is 306 g/mol. The van der Waals surface area contributed by atoms with Crippen LogP contribution in [0.2, 0.25) is 5.02 Å². The summed E-state index contributed by atoms with van der Waals surface area (Å²) in [6.45, 7) is 0.0240. The fourth-order valence-electron chi connectivity index (χ4n) is 2.24. The van der Waals surface area contributed by atoms with Crippen molar-refractivity contribution < 1.29 is 18.3 Å². The van der Waals surface area contributed by atoms with E-state index in [1.807, 2.05) is 0 Å². The van der Waals surface area contributed by atoms with Gasteiger partial charge in [0.1, 0.15) is 0 Å².